The lowest BCUT2D eigenvalue weighted by Crippen LogP contribution is -2.14. The minimum atomic E-state index is -0.747. The number of nitrogens with one attached hydrogen (secondary N) is 1. The highest BCUT2D eigenvalue weighted by Gasteiger charge is 2.23. The molecule has 1 aromatic heterocycles. The summed E-state index contributed by atoms with van der Waals surface area (Å²) in [6.45, 7) is 4.65. The van der Waals surface area contributed by atoms with E-state index in [1.165, 1.54) is 30.3 Å². The van der Waals surface area contributed by atoms with Crippen LogP contribution in [-0.2, 0) is 14.3 Å². The standard InChI is InChI=1S/C20H20N2O7/c1-4-28-20(25)18-12(2)19(21-13(18)3)16(23)11-29-17(24)10-7-14-5-8-15(9-6-14)22(26)27/h5-10,21H,4,11H2,1-3H3. The third kappa shape index (κ3) is 5.38. The van der Waals surface area contributed by atoms with E-state index in [0.717, 1.165) is 6.08 Å². The lowest BCUT2D eigenvalue weighted by atomic mass is 10.1. The van der Waals surface area contributed by atoms with Crippen molar-refractivity contribution < 1.29 is 28.8 Å². The van der Waals surface area contributed by atoms with Gasteiger partial charge in [-0.25, -0.2) is 9.59 Å². The fourth-order valence-electron chi connectivity index (χ4n) is 2.67. The zero-order valence-electron chi connectivity index (χ0n) is 16.2. The Labute approximate surface area is 166 Å². The number of carbonyl (C=O) groups is 3. The molecule has 0 aliphatic heterocycles. The number of aromatic nitrogens is 1. The minimum absolute atomic E-state index is 0.0610. The Bertz CT molecular complexity index is 971. The molecule has 0 atom stereocenters. The van der Waals surface area contributed by atoms with Gasteiger partial charge in [-0.3, -0.25) is 14.9 Å². The van der Waals surface area contributed by atoms with E-state index in [1.54, 1.807) is 20.8 Å². The summed E-state index contributed by atoms with van der Waals surface area (Å²) < 4.78 is 9.91. The lowest BCUT2D eigenvalue weighted by Gasteiger charge is -2.03. The van der Waals surface area contributed by atoms with Crippen molar-refractivity contribution in [1.82, 2.24) is 4.98 Å². The van der Waals surface area contributed by atoms with Gasteiger partial charge in [0.15, 0.2) is 6.61 Å². The summed E-state index contributed by atoms with van der Waals surface area (Å²) in [4.78, 5) is 49.1. The summed E-state index contributed by atoms with van der Waals surface area (Å²) in [5.74, 6) is -1.76. The number of ketones is 1. The van der Waals surface area contributed by atoms with Crippen molar-refractivity contribution in [3.63, 3.8) is 0 Å². The van der Waals surface area contributed by atoms with E-state index >= 15 is 0 Å². The predicted octanol–water partition coefficient (Wildman–Crippen LogP) is 3.16. The number of H-pyrrole nitrogens is 1. The molecule has 0 spiro atoms. The van der Waals surface area contributed by atoms with Crippen LogP contribution < -0.4 is 0 Å². The minimum Gasteiger partial charge on any atom is -0.462 e. The number of non-ortho nitro benzene ring substituents is 1. The number of nitro groups is 1. The highest BCUT2D eigenvalue weighted by Crippen LogP contribution is 2.19. The first-order valence-electron chi connectivity index (χ1n) is 8.73. The lowest BCUT2D eigenvalue weighted by molar-refractivity contribution is -0.384. The number of nitrogens with zero attached hydrogens (tertiary/aromatic N) is 1. The molecule has 9 nitrogen and oxygen atoms in total. The highest BCUT2D eigenvalue weighted by atomic mass is 16.6. The normalized spacial score (nSPS) is 10.7. The van der Waals surface area contributed by atoms with Crippen LogP contribution in [0.25, 0.3) is 6.08 Å². The van der Waals surface area contributed by atoms with Crippen molar-refractivity contribution in [3.8, 4) is 0 Å². The fourth-order valence-corrected chi connectivity index (χ4v) is 2.67. The molecule has 9 heteroatoms. The van der Waals surface area contributed by atoms with Gasteiger partial charge in [0.25, 0.3) is 5.69 Å². The maximum absolute atomic E-state index is 12.3. The number of benzene rings is 1. The maximum Gasteiger partial charge on any atom is 0.340 e. The van der Waals surface area contributed by atoms with Gasteiger partial charge in [-0.2, -0.15) is 0 Å². The van der Waals surface area contributed by atoms with Crippen LogP contribution in [0.15, 0.2) is 30.3 Å². The van der Waals surface area contributed by atoms with Crippen molar-refractivity contribution in [1.29, 1.82) is 0 Å². The summed E-state index contributed by atoms with van der Waals surface area (Å²) in [6.07, 6.45) is 2.53. The first kappa shape index (κ1) is 21.5. The molecule has 0 radical (unpaired) electrons. The molecular weight excluding hydrogens is 380 g/mol. The molecule has 152 valence electrons. The molecule has 0 saturated carbocycles. The van der Waals surface area contributed by atoms with Crippen LogP contribution in [0.5, 0.6) is 0 Å². The van der Waals surface area contributed by atoms with Crippen molar-refractivity contribution in [2.45, 2.75) is 20.8 Å². The smallest absolute Gasteiger partial charge is 0.340 e. The van der Waals surface area contributed by atoms with E-state index in [4.69, 9.17) is 9.47 Å². The Morgan fingerprint density at radius 3 is 2.38 bits per heavy atom. The Morgan fingerprint density at radius 2 is 1.79 bits per heavy atom. The zero-order chi connectivity index (χ0) is 21.6. The third-order valence-electron chi connectivity index (χ3n) is 4.06. The first-order chi connectivity index (χ1) is 13.7. The van der Waals surface area contributed by atoms with Crippen molar-refractivity contribution in [2.24, 2.45) is 0 Å². The summed E-state index contributed by atoms with van der Waals surface area (Å²) in [5, 5.41) is 10.6. The monoisotopic (exact) mass is 400 g/mol. The molecule has 2 aromatic rings. The number of carbonyl (C=O) groups excluding carboxylic acids is 3. The molecule has 0 amide bonds. The number of hydrogen-bond donors (Lipinski definition) is 1. The average Bonchev–Trinajstić information content (AvgIpc) is 2.99. The molecule has 0 unspecified atom stereocenters. The second-order valence-corrected chi connectivity index (χ2v) is 6.06. The number of esters is 2. The summed E-state index contributed by atoms with van der Waals surface area (Å²) >= 11 is 0. The van der Waals surface area contributed by atoms with Gasteiger partial charge in [0.05, 0.1) is 22.8 Å². The number of hydrogen-bond acceptors (Lipinski definition) is 7. The van der Waals surface area contributed by atoms with Crippen LogP contribution in [-0.4, -0.2) is 40.8 Å². The van der Waals surface area contributed by atoms with Crippen LogP contribution in [0, 0.1) is 24.0 Å². The van der Waals surface area contributed by atoms with E-state index in [2.05, 4.69) is 4.98 Å². The van der Waals surface area contributed by atoms with Gasteiger partial charge >= 0.3 is 11.9 Å². The third-order valence-corrected chi connectivity index (χ3v) is 4.06. The summed E-state index contributed by atoms with van der Waals surface area (Å²) in [7, 11) is 0. The zero-order valence-corrected chi connectivity index (χ0v) is 16.2. The predicted molar refractivity (Wildman–Crippen MR) is 104 cm³/mol. The second-order valence-electron chi connectivity index (χ2n) is 6.06. The van der Waals surface area contributed by atoms with Crippen LogP contribution >= 0.6 is 0 Å². The van der Waals surface area contributed by atoms with Gasteiger partial charge in [0.1, 0.15) is 0 Å². The molecule has 2 rings (SSSR count). The van der Waals surface area contributed by atoms with E-state index in [-0.39, 0.29) is 18.0 Å². The van der Waals surface area contributed by atoms with Crippen LogP contribution in [0.4, 0.5) is 5.69 Å². The second kappa shape index (κ2) is 9.45. The number of rotatable bonds is 8. The maximum atomic E-state index is 12.3. The van der Waals surface area contributed by atoms with E-state index in [1.807, 2.05) is 0 Å². The number of aromatic amines is 1. The average molecular weight is 400 g/mol. The van der Waals surface area contributed by atoms with Crippen molar-refractivity contribution >= 4 is 29.5 Å². The molecule has 0 fully saturated rings. The van der Waals surface area contributed by atoms with E-state index < -0.39 is 29.3 Å². The quantitative estimate of drug-likeness (QED) is 0.237. The van der Waals surface area contributed by atoms with Crippen molar-refractivity contribution in [3.05, 3.63) is 68.5 Å². The fraction of sp³-hybridized carbons (Fsp3) is 0.250. The SMILES string of the molecule is CCOC(=O)c1c(C)[nH]c(C(=O)COC(=O)C=Cc2ccc([N+](=O)[O-])cc2)c1C. The van der Waals surface area contributed by atoms with Crippen LogP contribution in [0.3, 0.4) is 0 Å². The Morgan fingerprint density at radius 1 is 1.14 bits per heavy atom. The molecule has 1 heterocycles. The topological polar surface area (TPSA) is 129 Å². The van der Waals surface area contributed by atoms with Crippen LogP contribution in [0.1, 0.15) is 44.6 Å². The van der Waals surface area contributed by atoms with Gasteiger partial charge in [0.2, 0.25) is 5.78 Å². The van der Waals surface area contributed by atoms with Crippen LogP contribution in [0.2, 0.25) is 0 Å². The highest BCUT2D eigenvalue weighted by molar-refractivity contribution is 6.03. The number of nitro benzene ring substituents is 1. The van der Waals surface area contributed by atoms with Gasteiger partial charge in [-0.1, -0.05) is 0 Å². The largest absolute Gasteiger partial charge is 0.462 e. The molecule has 29 heavy (non-hydrogen) atoms. The summed E-state index contributed by atoms with van der Waals surface area (Å²) in [6, 6.07) is 5.59. The van der Waals surface area contributed by atoms with Crippen molar-refractivity contribution in [2.75, 3.05) is 13.2 Å². The van der Waals surface area contributed by atoms with Gasteiger partial charge in [-0.05, 0) is 50.1 Å². The Hall–Kier alpha value is -3.75. The van der Waals surface area contributed by atoms with E-state index in [0.29, 0.717) is 22.4 Å². The Kier molecular flexibility index (Phi) is 7.02. The molecule has 0 saturated heterocycles. The first-order valence-corrected chi connectivity index (χ1v) is 8.73. The molecular formula is C20H20N2O7. The van der Waals surface area contributed by atoms with Gasteiger partial charge in [-0.15, -0.1) is 0 Å². The van der Waals surface area contributed by atoms with Gasteiger partial charge in [0, 0.05) is 23.9 Å². The Balaban J connectivity index is 1.98. The molecule has 0 aliphatic carbocycles. The number of aryl methyl sites for hydroxylation is 1. The molecule has 1 N–H and O–H groups in total. The number of ether oxygens (including phenoxy) is 2. The van der Waals surface area contributed by atoms with E-state index in [9.17, 15) is 24.5 Å². The molecule has 0 aliphatic rings. The molecule has 0 bridgehead atoms. The van der Waals surface area contributed by atoms with Gasteiger partial charge < -0.3 is 14.5 Å². The number of Topliss-reactive ketones (excluding diaryl/α,β-unsaturated/α-hetero) is 1. The summed E-state index contributed by atoms with van der Waals surface area (Å²) in [5.41, 5.74) is 1.90. The molecule has 1 aromatic carbocycles.